The Morgan fingerprint density at radius 2 is 1.78 bits per heavy atom. The van der Waals surface area contributed by atoms with Crippen LogP contribution in [0, 0.1) is 5.82 Å². The van der Waals surface area contributed by atoms with Crippen LogP contribution in [0.2, 0.25) is 0 Å². The van der Waals surface area contributed by atoms with Crippen molar-refractivity contribution in [3.8, 4) is 11.3 Å². The van der Waals surface area contributed by atoms with E-state index < -0.39 is 17.6 Å². The largest absolute Gasteiger partial charge is 0.416 e. The molecule has 32 heavy (non-hydrogen) atoms. The van der Waals surface area contributed by atoms with Gasteiger partial charge in [-0.15, -0.1) is 0 Å². The van der Waals surface area contributed by atoms with Crippen LogP contribution in [0.3, 0.4) is 0 Å². The third-order valence-corrected chi connectivity index (χ3v) is 5.88. The van der Waals surface area contributed by atoms with Gasteiger partial charge < -0.3 is 9.47 Å². The second-order valence-corrected chi connectivity index (χ2v) is 8.46. The minimum atomic E-state index is -4.60. The van der Waals surface area contributed by atoms with Gasteiger partial charge in [0.2, 0.25) is 0 Å². The number of hydrogen-bond donors (Lipinski definition) is 0. The molecule has 0 amide bonds. The predicted octanol–water partition coefficient (Wildman–Crippen LogP) is 6.10. The third-order valence-electron chi connectivity index (χ3n) is 5.88. The summed E-state index contributed by atoms with van der Waals surface area (Å²) in [7, 11) is 1.79. The Balaban J connectivity index is 1.43. The summed E-state index contributed by atoms with van der Waals surface area (Å²) in [5, 5.41) is 4.45. The van der Waals surface area contributed by atoms with E-state index >= 15 is 0 Å². The number of hydrogen-bond acceptors (Lipinski definition) is 3. The monoisotopic (exact) mass is 446 g/mol. The van der Waals surface area contributed by atoms with Gasteiger partial charge in [0.15, 0.2) is 12.6 Å². The summed E-state index contributed by atoms with van der Waals surface area (Å²) < 4.78 is 65.9. The quantitative estimate of drug-likeness (QED) is 0.444. The van der Waals surface area contributed by atoms with Crippen LogP contribution in [0.4, 0.5) is 17.6 Å². The summed E-state index contributed by atoms with van der Waals surface area (Å²) in [6.45, 7) is 1.86. The topological polar surface area (TPSA) is 36.3 Å². The van der Waals surface area contributed by atoms with E-state index in [2.05, 4.69) is 11.2 Å². The molecule has 2 aromatic carbocycles. The SMILES string of the molecule is CC1OC(c2ccc(-c3cc(Cc4cc(F)cc(C(F)(F)F)c4)nn3C)cc2C2CC2)O1. The van der Waals surface area contributed by atoms with E-state index in [1.54, 1.807) is 11.7 Å². The highest BCUT2D eigenvalue weighted by Gasteiger charge is 2.35. The van der Waals surface area contributed by atoms with Crippen LogP contribution in [-0.2, 0) is 29.1 Å². The summed E-state index contributed by atoms with van der Waals surface area (Å²) in [6.07, 6.45) is -2.80. The van der Waals surface area contributed by atoms with Crippen molar-refractivity contribution in [2.45, 2.75) is 50.9 Å². The fourth-order valence-corrected chi connectivity index (χ4v) is 4.21. The number of benzene rings is 2. The van der Waals surface area contributed by atoms with Crippen LogP contribution in [0.1, 0.15) is 59.9 Å². The van der Waals surface area contributed by atoms with Crippen LogP contribution >= 0.6 is 0 Å². The zero-order valence-corrected chi connectivity index (χ0v) is 17.6. The first-order chi connectivity index (χ1) is 15.2. The second-order valence-electron chi connectivity index (χ2n) is 8.46. The first-order valence-corrected chi connectivity index (χ1v) is 10.5. The smallest absolute Gasteiger partial charge is 0.320 e. The zero-order chi connectivity index (χ0) is 22.6. The number of aryl methyl sites for hydroxylation is 1. The predicted molar refractivity (Wildman–Crippen MR) is 109 cm³/mol. The average molecular weight is 446 g/mol. The van der Waals surface area contributed by atoms with Crippen molar-refractivity contribution < 1.29 is 27.0 Å². The summed E-state index contributed by atoms with van der Waals surface area (Å²) in [4.78, 5) is 0. The van der Waals surface area contributed by atoms with Gasteiger partial charge in [-0.1, -0.05) is 12.1 Å². The molecule has 2 aliphatic rings. The lowest BCUT2D eigenvalue weighted by atomic mass is 9.97. The van der Waals surface area contributed by atoms with Crippen LogP contribution in [-0.4, -0.2) is 16.1 Å². The van der Waals surface area contributed by atoms with E-state index in [0.717, 1.165) is 41.8 Å². The van der Waals surface area contributed by atoms with Crippen molar-refractivity contribution in [1.82, 2.24) is 9.78 Å². The summed E-state index contributed by atoms with van der Waals surface area (Å²) in [5.41, 5.74) is 3.83. The van der Waals surface area contributed by atoms with Crippen molar-refractivity contribution in [2.24, 2.45) is 7.05 Å². The van der Waals surface area contributed by atoms with Gasteiger partial charge in [-0.05, 0) is 67.1 Å². The normalized spacial score (nSPS) is 20.9. The highest BCUT2D eigenvalue weighted by Crippen LogP contribution is 2.46. The van der Waals surface area contributed by atoms with Gasteiger partial charge in [-0.2, -0.15) is 18.3 Å². The standard InChI is InChI=1S/C24H22F4N2O2/c1-13-31-23(32-13)20-6-5-16(10-21(20)15-3-4-15)22-12-19(29-30(22)2)9-14-7-17(24(26,27)28)11-18(25)8-14/h5-8,10-13,15,23H,3-4,9H2,1-2H3. The van der Waals surface area contributed by atoms with E-state index in [-0.39, 0.29) is 24.6 Å². The number of rotatable bonds is 5. The van der Waals surface area contributed by atoms with Crippen molar-refractivity contribution in [1.29, 1.82) is 0 Å². The van der Waals surface area contributed by atoms with Crippen molar-refractivity contribution in [3.05, 3.63) is 76.2 Å². The minimum Gasteiger partial charge on any atom is -0.320 e. The molecule has 4 nitrogen and oxygen atoms in total. The van der Waals surface area contributed by atoms with E-state index in [1.165, 1.54) is 5.56 Å². The van der Waals surface area contributed by atoms with Crippen LogP contribution in [0.5, 0.6) is 0 Å². The fraction of sp³-hybridized carbons (Fsp3) is 0.375. The highest BCUT2D eigenvalue weighted by atomic mass is 19.4. The lowest BCUT2D eigenvalue weighted by molar-refractivity contribution is -0.382. The molecule has 5 rings (SSSR count). The Bertz CT molecular complexity index is 1160. The molecule has 1 saturated carbocycles. The minimum absolute atomic E-state index is 0.101. The number of alkyl halides is 3. The van der Waals surface area contributed by atoms with Gasteiger partial charge in [-0.3, -0.25) is 4.68 Å². The maximum atomic E-state index is 13.8. The van der Waals surface area contributed by atoms with Crippen LogP contribution < -0.4 is 0 Å². The number of aromatic nitrogens is 2. The maximum Gasteiger partial charge on any atom is 0.416 e. The van der Waals surface area contributed by atoms with E-state index in [9.17, 15) is 17.6 Å². The Morgan fingerprint density at radius 1 is 1.03 bits per heavy atom. The van der Waals surface area contributed by atoms with Crippen LogP contribution in [0.25, 0.3) is 11.3 Å². The van der Waals surface area contributed by atoms with Crippen molar-refractivity contribution in [2.75, 3.05) is 0 Å². The number of nitrogens with zero attached hydrogens (tertiary/aromatic N) is 2. The van der Waals surface area contributed by atoms with Gasteiger partial charge in [0.25, 0.3) is 0 Å². The highest BCUT2D eigenvalue weighted by molar-refractivity contribution is 5.63. The maximum absolute atomic E-state index is 13.8. The molecule has 0 atom stereocenters. The molecule has 1 aromatic heterocycles. The Hall–Kier alpha value is -2.71. The van der Waals surface area contributed by atoms with Gasteiger partial charge in [-0.25, -0.2) is 4.39 Å². The van der Waals surface area contributed by atoms with E-state index in [1.807, 2.05) is 25.1 Å². The first kappa shape index (κ1) is 21.2. The first-order valence-electron chi connectivity index (χ1n) is 10.5. The van der Waals surface area contributed by atoms with Crippen molar-refractivity contribution >= 4 is 0 Å². The van der Waals surface area contributed by atoms with Gasteiger partial charge >= 0.3 is 6.18 Å². The molecule has 0 spiro atoms. The Labute approximate surface area is 182 Å². The molecule has 168 valence electrons. The molecule has 3 aromatic rings. The lowest BCUT2D eigenvalue weighted by Crippen LogP contribution is -2.32. The van der Waals surface area contributed by atoms with E-state index in [0.29, 0.717) is 17.7 Å². The molecule has 0 N–H and O–H groups in total. The number of ether oxygens (including phenoxy) is 2. The average Bonchev–Trinajstić information content (AvgIpc) is 3.47. The molecule has 1 saturated heterocycles. The molecule has 2 heterocycles. The Morgan fingerprint density at radius 3 is 2.44 bits per heavy atom. The molecule has 0 unspecified atom stereocenters. The Kier molecular flexibility index (Phi) is 5.09. The molecule has 1 aliphatic carbocycles. The molecule has 8 heteroatoms. The lowest BCUT2D eigenvalue weighted by Gasteiger charge is -2.35. The molecular weight excluding hydrogens is 424 g/mol. The molecular formula is C24H22F4N2O2. The van der Waals surface area contributed by atoms with Gasteiger partial charge in [0.05, 0.1) is 17.0 Å². The second kappa shape index (κ2) is 7.71. The van der Waals surface area contributed by atoms with E-state index in [4.69, 9.17) is 9.47 Å². The molecule has 0 bridgehead atoms. The molecule has 1 aliphatic heterocycles. The van der Waals surface area contributed by atoms with Gasteiger partial charge in [0.1, 0.15) is 5.82 Å². The molecule has 2 fully saturated rings. The van der Waals surface area contributed by atoms with Gasteiger partial charge in [0, 0.05) is 24.6 Å². The summed E-state index contributed by atoms with van der Waals surface area (Å²) >= 11 is 0. The van der Waals surface area contributed by atoms with Crippen LogP contribution in [0.15, 0.2) is 42.5 Å². The molecule has 0 radical (unpaired) electrons. The fourth-order valence-electron chi connectivity index (χ4n) is 4.21. The third kappa shape index (κ3) is 4.17. The van der Waals surface area contributed by atoms with Crippen molar-refractivity contribution in [3.63, 3.8) is 0 Å². The zero-order valence-electron chi connectivity index (χ0n) is 17.6. The summed E-state index contributed by atoms with van der Waals surface area (Å²) in [6, 6.07) is 10.5. The summed E-state index contributed by atoms with van der Waals surface area (Å²) in [5.74, 6) is -0.431. The number of halogens is 4.